The molecule has 0 aliphatic carbocycles. The van der Waals surface area contributed by atoms with E-state index in [9.17, 15) is 4.79 Å². The summed E-state index contributed by atoms with van der Waals surface area (Å²) in [4.78, 5) is 16.5. The number of rotatable bonds is 5. The minimum Gasteiger partial charge on any atom is -0.496 e. The normalized spacial score (nSPS) is 18.9. The Labute approximate surface area is 183 Å². The zero-order valence-electron chi connectivity index (χ0n) is 18.4. The van der Waals surface area contributed by atoms with Crippen LogP contribution in [0.5, 0.6) is 11.5 Å². The maximum absolute atomic E-state index is 12.9. The number of nitrogens with zero attached hydrogens (tertiary/aromatic N) is 1. The van der Waals surface area contributed by atoms with Crippen molar-refractivity contribution in [1.82, 2.24) is 10.2 Å². The van der Waals surface area contributed by atoms with E-state index in [2.05, 4.69) is 18.3 Å². The summed E-state index contributed by atoms with van der Waals surface area (Å²) < 4.78 is 11.8. The summed E-state index contributed by atoms with van der Waals surface area (Å²) in [6.07, 6.45) is 3.32. The summed E-state index contributed by atoms with van der Waals surface area (Å²) in [5.41, 5.74) is 2.03. The number of ether oxygens (including phenoxy) is 2. The lowest BCUT2D eigenvalue weighted by Gasteiger charge is -2.18. The molecule has 0 saturated carbocycles. The van der Waals surface area contributed by atoms with Gasteiger partial charge in [-0.05, 0) is 57.0 Å². The molecule has 3 rings (SSSR count). The van der Waals surface area contributed by atoms with Gasteiger partial charge in [-0.25, -0.2) is 0 Å². The van der Waals surface area contributed by atoms with Crippen LogP contribution in [-0.4, -0.2) is 50.7 Å². The predicted octanol–water partition coefficient (Wildman–Crippen LogP) is 4.68. The van der Waals surface area contributed by atoms with E-state index in [1.54, 1.807) is 7.11 Å². The highest BCUT2D eigenvalue weighted by molar-refractivity contribution is 7.15. The molecular weight excluding hydrogens is 396 g/mol. The van der Waals surface area contributed by atoms with Gasteiger partial charge in [-0.3, -0.25) is 4.79 Å². The smallest absolute Gasteiger partial charge is 0.263 e. The molecule has 2 heterocycles. The molecule has 5 nitrogen and oxygen atoms in total. The van der Waals surface area contributed by atoms with Gasteiger partial charge in [-0.1, -0.05) is 19.1 Å². The molecule has 1 unspecified atom stereocenters. The average molecular weight is 429 g/mol. The second-order valence-electron chi connectivity index (χ2n) is 7.42. The molecular formula is C24H32N2O3S. The molecule has 0 bridgehead atoms. The van der Waals surface area contributed by atoms with Crippen LogP contribution in [0.25, 0.3) is 5.57 Å². The van der Waals surface area contributed by atoms with Crippen molar-refractivity contribution in [3.63, 3.8) is 0 Å². The Morgan fingerprint density at radius 3 is 2.77 bits per heavy atom. The number of hydrogen-bond donors (Lipinski definition) is 1. The van der Waals surface area contributed by atoms with Crippen LogP contribution in [0.4, 0.5) is 0 Å². The molecule has 162 valence electrons. The third kappa shape index (κ3) is 5.05. The molecule has 1 amide bonds. The maximum atomic E-state index is 12.9. The number of benzene rings is 1. The zero-order valence-corrected chi connectivity index (χ0v) is 19.2. The van der Waals surface area contributed by atoms with E-state index in [-0.39, 0.29) is 5.91 Å². The number of hydrogen-bond acceptors (Lipinski definition) is 5. The van der Waals surface area contributed by atoms with E-state index in [1.165, 1.54) is 11.3 Å². The van der Waals surface area contributed by atoms with Crippen LogP contribution in [0.2, 0.25) is 0 Å². The fourth-order valence-electron chi connectivity index (χ4n) is 3.68. The van der Waals surface area contributed by atoms with E-state index in [1.807, 2.05) is 49.1 Å². The number of nitrogens with one attached hydrogen (secondary N) is 1. The lowest BCUT2D eigenvalue weighted by molar-refractivity contribution is 0.0778. The van der Waals surface area contributed by atoms with Gasteiger partial charge < -0.3 is 19.7 Å². The Hall–Kier alpha value is -2.31. The molecule has 0 fully saturated rings. The van der Waals surface area contributed by atoms with Crippen molar-refractivity contribution in [2.75, 3.05) is 39.9 Å². The van der Waals surface area contributed by atoms with Crippen LogP contribution < -0.4 is 14.8 Å². The lowest BCUT2D eigenvalue weighted by atomic mass is 9.96. The van der Waals surface area contributed by atoms with E-state index < -0.39 is 0 Å². The summed E-state index contributed by atoms with van der Waals surface area (Å²) in [5.74, 6) is 2.04. The fraction of sp³-hybridized carbons (Fsp3) is 0.458. The first-order chi connectivity index (χ1) is 14.6. The highest BCUT2D eigenvalue weighted by atomic mass is 32.1. The van der Waals surface area contributed by atoms with Gasteiger partial charge in [0.15, 0.2) is 0 Å². The van der Waals surface area contributed by atoms with Crippen molar-refractivity contribution in [2.45, 2.75) is 27.2 Å². The second kappa shape index (κ2) is 10.6. The van der Waals surface area contributed by atoms with Crippen molar-refractivity contribution >= 4 is 22.8 Å². The number of methoxy groups -OCH3 is 1. The van der Waals surface area contributed by atoms with Gasteiger partial charge in [0.2, 0.25) is 0 Å². The Morgan fingerprint density at radius 2 is 2.03 bits per heavy atom. The Balaban J connectivity index is 2.10. The van der Waals surface area contributed by atoms with E-state index in [4.69, 9.17) is 9.47 Å². The standard InChI is InChI=1S/C24H32N2O3S/c1-5-26(6-2)24(27)22-11-10-21(30-22)18-16-17(3)12-13-25-14-15-29-20-9-7-8-19(28-4)23(18)20/h7-11,16-17,25H,5-6,12-15H2,1-4H3/b18-16-. The Bertz CT molecular complexity index is 886. The zero-order chi connectivity index (χ0) is 21.5. The number of amides is 1. The topological polar surface area (TPSA) is 50.8 Å². The average Bonchev–Trinajstić information content (AvgIpc) is 3.23. The quantitative estimate of drug-likeness (QED) is 0.751. The monoisotopic (exact) mass is 428 g/mol. The van der Waals surface area contributed by atoms with Gasteiger partial charge in [-0.15, -0.1) is 11.3 Å². The third-order valence-electron chi connectivity index (χ3n) is 5.37. The summed E-state index contributed by atoms with van der Waals surface area (Å²) in [7, 11) is 1.69. The van der Waals surface area contributed by atoms with E-state index in [0.29, 0.717) is 25.6 Å². The van der Waals surface area contributed by atoms with Crippen molar-refractivity contribution in [3.05, 3.63) is 51.7 Å². The third-order valence-corrected chi connectivity index (χ3v) is 6.48. The molecule has 1 aliphatic rings. The van der Waals surface area contributed by atoms with Crippen LogP contribution in [0.3, 0.4) is 0 Å². The molecule has 2 aromatic rings. The summed E-state index contributed by atoms with van der Waals surface area (Å²) in [6.45, 7) is 10.0. The van der Waals surface area contributed by atoms with Crippen molar-refractivity contribution in [1.29, 1.82) is 0 Å². The fourth-order valence-corrected chi connectivity index (χ4v) is 4.68. The maximum Gasteiger partial charge on any atom is 0.263 e. The minimum atomic E-state index is 0.0854. The lowest BCUT2D eigenvalue weighted by Crippen LogP contribution is -2.29. The number of thiophene rings is 1. The number of allylic oxidation sites excluding steroid dienone is 1. The van der Waals surface area contributed by atoms with Crippen LogP contribution in [0.15, 0.2) is 36.4 Å². The number of carbonyl (C=O) groups is 1. The summed E-state index contributed by atoms with van der Waals surface area (Å²) in [5, 5.41) is 3.44. The Kier molecular flexibility index (Phi) is 7.94. The first-order valence-electron chi connectivity index (χ1n) is 10.7. The first-order valence-corrected chi connectivity index (χ1v) is 11.5. The van der Waals surface area contributed by atoms with Gasteiger partial charge >= 0.3 is 0 Å². The van der Waals surface area contributed by atoms with Gasteiger partial charge in [0.25, 0.3) is 5.91 Å². The molecule has 0 radical (unpaired) electrons. The highest BCUT2D eigenvalue weighted by Crippen LogP contribution is 2.41. The second-order valence-corrected chi connectivity index (χ2v) is 8.50. The van der Waals surface area contributed by atoms with Gasteiger partial charge in [0.05, 0.1) is 17.6 Å². The van der Waals surface area contributed by atoms with Crippen LogP contribution >= 0.6 is 11.3 Å². The van der Waals surface area contributed by atoms with Gasteiger partial charge in [-0.2, -0.15) is 0 Å². The van der Waals surface area contributed by atoms with Crippen molar-refractivity contribution < 1.29 is 14.3 Å². The van der Waals surface area contributed by atoms with Crippen molar-refractivity contribution in [3.8, 4) is 11.5 Å². The summed E-state index contributed by atoms with van der Waals surface area (Å²) in [6, 6.07) is 9.90. The van der Waals surface area contributed by atoms with Crippen LogP contribution in [-0.2, 0) is 0 Å². The molecule has 1 N–H and O–H groups in total. The van der Waals surface area contributed by atoms with Gasteiger partial charge in [0.1, 0.15) is 18.1 Å². The first kappa shape index (κ1) is 22.4. The molecule has 0 saturated heterocycles. The van der Waals surface area contributed by atoms with Crippen molar-refractivity contribution in [2.24, 2.45) is 5.92 Å². The molecule has 0 spiro atoms. The molecule has 1 atom stereocenters. The van der Waals surface area contributed by atoms with Crippen LogP contribution in [0, 0.1) is 5.92 Å². The molecule has 30 heavy (non-hydrogen) atoms. The van der Waals surface area contributed by atoms with E-state index in [0.717, 1.165) is 51.9 Å². The molecule has 1 aromatic heterocycles. The summed E-state index contributed by atoms with van der Waals surface area (Å²) >= 11 is 1.54. The molecule has 1 aromatic carbocycles. The predicted molar refractivity (Wildman–Crippen MR) is 124 cm³/mol. The largest absolute Gasteiger partial charge is 0.496 e. The Morgan fingerprint density at radius 1 is 1.23 bits per heavy atom. The van der Waals surface area contributed by atoms with E-state index >= 15 is 0 Å². The molecule has 1 aliphatic heterocycles. The minimum absolute atomic E-state index is 0.0854. The van der Waals surface area contributed by atoms with Gasteiger partial charge in [0, 0.05) is 30.1 Å². The number of carbonyl (C=O) groups excluding carboxylic acids is 1. The highest BCUT2D eigenvalue weighted by Gasteiger charge is 2.22. The van der Waals surface area contributed by atoms with Crippen LogP contribution in [0.1, 0.15) is 47.3 Å². The molecule has 6 heteroatoms. The number of fused-ring (bicyclic) bond motifs is 1. The SMILES string of the molecule is CCN(CC)C(=O)c1ccc(/C2=C/C(C)CCNCCOc3cccc(OC)c32)s1.